The second-order valence-corrected chi connectivity index (χ2v) is 4.20. The zero-order valence-corrected chi connectivity index (χ0v) is 10.9. The predicted octanol–water partition coefficient (Wildman–Crippen LogP) is -0.822. The van der Waals surface area contributed by atoms with Gasteiger partial charge < -0.3 is 9.88 Å². The zero-order valence-electron chi connectivity index (χ0n) is 10.9. The average molecular weight is 264 g/mol. The van der Waals surface area contributed by atoms with Crippen molar-refractivity contribution in [2.45, 2.75) is 13.0 Å². The van der Waals surface area contributed by atoms with Gasteiger partial charge in [0.15, 0.2) is 0 Å². The Morgan fingerprint density at radius 2 is 2.11 bits per heavy atom. The van der Waals surface area contributed by atoms with Gasteiger partial charge in [-0.1, -0.05) is 0 Å². The fourth-order valence-corrected chi connectivity index (χ4v) is 1.70. The van der Waals surface area contributed by atoms with E-state index in [1.165, 1.54) is 14.1 Å². The minimum absolute atomic E-state index is 0.190. The summed E-state index contributed by atoms with van der Waals surface area (Å²) in [5.74, 6) is 0.190. The van der Waals surface area contributed by atoms with Gasteiger partial charge in [0.05, 0.1) is 6.33 Å². The highest BCUT2D eigenvalue weighted by Gasteiger charge is 2.07. The third kappa shape index (κ3) is 2.90. The van der Waals surface area contributed by atoms with E-state index in [0.29, 0.717) is 6.54 Å². The highest BCUT2D eigenvalue weighted by molar-refractivity contribution is 5.29. The molecule has 0 unspecified atom stereocenters. The highest BCUT2D eigenvalue weighted by Crippen LogP contribution is 1.93. The molecule has 1 N–H and O–H groups in total. The normalized spacial score (nSPS) is 10.6. The van der Waals surface area contributed by atoms with Crippen LogP contribution < -0.4 is 16.6 Å². The summed E-state index contributed by atoms with van der Waals surface area (Å²) in [6.45, 7) is 1.40. The van der Waals surface area contributed by atoms with Gasteiger partial charge in [-0.05, 0) is 6.42 Å². The maximum Gasteiger partial charge on any atom is 0.346 e. The van der Waals surface area contributed by atoms with Crippen LogP contribution in [0.3, 0.4) is 0 Å². The van der Waals surface area contributed by atoms with E-state index in [9.17, 15) is 9.59 Å². The summed E-state index contributed by atoms with van der Waals surface area (Å²) in [6.07, 6.45) is 6.16. The van der Waals surface area contributed by atoms with E-state index in [1.807, 2.05) is 10.8 Å². The number of rotatable bonds is 5. The quantitative estimate of drug-likeness (QED) is 0.713. The van der Waals surface area contributed by atoms with Crippen LogP contribution in [0.1, 0.15) is 6.42 Å². The van der Waals surface area contributed by atoms with Crippen molar-refractivity contribution in [1.29, 1.82) is 0 Å². The molecule has 2 heterocycles. The SMILES string of the molecule is Cn1nc(NCCCn2ccnc2)c(=O)n(C)c1=O. The van der Waals surface area contributed by atoms with E-state index in [-0.39, 0.29) is 5.82 Å². The van der Waals surface area contributed by atoms with Crippen molar-refractivity contribution in [3.63, 3.8) is 0 Å². The number of nitrogens with one attached hydrogen (secondary N) is 1. The molecule has 8 nitrogen and oxygen atoms in total. The third-order valence-corrected chi connectivity index (χ3v) is 2.77. The second kappa shape index (κ2) is 5.51. The number of aromatic nitrogens is 5. The van der Waals surface area contributed by atoms with E-state index in [4.69, 9.17) is 0 Å². The summed E-state index contributed by atoms with van der Waals surface area (Å²) in [4.78, 5) is 27.2. The topological polar surface area (TPSA) is 86.7 Å². The molecule has 0 aromatic carbocycles. The minimum Gasteiger partial charge on any atom is -0.364 e. The van der Waals surface area contributed by atoms with Crippen LogP contribution in [0.4, 0.5) is 5.82 Å². The van der Waals surface area contributed by atoms with Gasteiger partial charge in [-0.15, -0.1) is 5.10 Å². The van der Waals surface area contributed by atoms with Gasteiger partial charge in [-0.2, -0.15) is 0 Å². The summed E-state index contributed by atoms with van der Waals surface area (Å²) in [7, 11) is 2.95. The molecule has 0 spiro atoms. The molecular formula is C11H16N6O2. The Morgan fingerprint density at radius 3 is 2.79 bits per heavy atom. The van der Waals surface area contributed by atoms with Crippen LogP contribution in [-0.4, -0.2) is 30.4 Å². The number of nitrogens with zero attached hydrogens (tertiary/aromatic N) is 5. The van der Waals surface area contributed by atoms with Gasteiger partial charge in [-0.25, -0.2) is 14.5 Å². The molecule has 0 saturated heterocycles. The number of anilines is 1. The predicted molar refractivity (Wildman–Crippen MR) is 70.1 cm³/mol. The second-order valence-electron chi connectivity index (χ2n) is 4.20. The zero-order chi connectivity index (χ0) is 13.8. The Hall–Kier alpha value is -2.38. The van der Waals surface area contributed by atoms with Crippen molar-refractivity contribution < 1.29 is 0 Å². The van der Waals surface area contributed by atoms with Crippen LogP contribution in [0.15, 0.2) is 28.3 Å². The van der Waals surface area contributed by atoms with E-state index < -0.39 is 11.2 Å². The first-order valence-corrected chi connectivity index (χ1v) is 5.93. The molecule has 2 aromatic heterocycles. The van der Waals surface area contributed by atoms with E-state index in [1.54, 1.807) is 12.5 Å². The van der Waals surface area contributed by atoms with Gasteiger partial charge in [0.1, 0.15) is 0 Å². The lowest BCUT2D eigenvalue weighted by Gasteiger charge is -2.08. The van der Waals surface area contributed by atoms with Crippen molar-refractivity contribution in [2.75, 3.05) is 11.9 Å². The first-order chi connectivity index (χ1) is 9.09. The summed E-state index contributed by atoms with van der Waals surface area (Å²) in [5, 5.41) is 6.85. The molecule has 2 aromatic rings. The standard InChI is InChI=1S/C11H16N6O2/c1-15-10(18)9(14-16(2)11(15)19)13-4-3-6-17-7-5-12-8-17/h5,7-8H,3-4,6H2,1-2H3,(H,13,14). The third-order valence-electron chi connectivity index (χ3n) is 2.77. The first kappa shape index (κ1) is 13.1. The Morgan fingerprint density at radius 1 is 1.32 bits per heavy atom. The van der Waals surface area contributed by atoms with Gasteiger partial charge in [0, 0.05) is 39.6 Å². The molecule has 0 saturated carbocycles. The average Bonchev–Trinajstić information content (AvgIpc) is 2.91. The van der Waals surface area contributed by atoms with Gasteiger partial charge in [0.25, 0.3) is 5.56 Å². The van der Waals surface area contributed by atoms with Crippen LogP contribution in [0.5, 0.6) is 0 Å². The lowest BCUT2D eigenvalue weighted by atomic mass is 10.4. The minimum atomic E-state index is -0.436. The van der Waals surface area contributed by atoms with Crippen molar-refractivity contribution >= 4 is 5.82 Å². The molecule has 0 fully saturated rings. The van der Waals surface area contributed by atoms with Gasteiger partial charge >= 0.3 is 5.69 Å². The van der Waals surface area contributed by atoms with Crippen LogP contribution in [-0.2, 0) is 20.6 Å². The number of hydrogen-bond donors (Lipinski definition) is 1. The lowest BCUT2D eigenvalue weighted by molar-refractivity contribution is 0.600. The molecule has 0 aliphatic heterocycles. The van der Waals surface area contributed by atoms with Crippen LogP contribution in [0.2, 0.25) is 0 Å². The monoisotopic (exact) mass is 264 g/mol. The molecule has 0 aliphatic carbocycles. The van der Waals surface area contributed by atoms with Gasteiger partial charge in [0.2, 0.25) is 5.82 Å². The Kier molecular flexibility index (Phi) is 3.79. The molecule has 102 valence electrons. The molecule has 0 bridgehead atoms. The molecule has 19 heavy (non-hydrogen) atoms. The maximum atomic E-state index is 11.8. The Balaban J connectivity index is 1.97. The summed E-state index contributed by atoms with van der Waals surface area (Å²) < 4.78 is 4.12. The number of imidazole rings is 1. The van der Waals surface area contributed by atoms with E-state index in [2.05, 4.69) is 15.4 Å². The van der Waals surface area contributed by atoms with Crippen molar-refractivity contribution in [3.05, 3.63) is 39.6 Å². The van der Waals surface area contributed by atoms with Crippen molar-refractivity contribution in [2.24, 2.45) is 14.1 Å². The molecular weight excluding hydrogens is 248 g/mol. The fourth-order valence-electron chi connectivity index (χ4n) is 1.70. The summed E-state index contributed by atoms with van der Waals surface area (Å²) in [6, 6.07) is 0. The van der Waals surface area contributed by atoms with Crippen LogP contribution in [0.25, 0.3) is 0 Å². The molecule has 0 amide bonds. The molecule has 0 aliphatic rings. The number of aryl methyl sites for hydroxylation is 2. The Bertz CT molecular complexity index is 655. The van der Waals surface area contributed by atoms with Gasteiger partial charge in [-0.3, -0.25) is 9.36 Å². The van der Waals surface area contributed by atoms with E-state index >= 15 is 0 Å². The molecule has 8 heteroatoms. The smallest absolute Gasteiger partial charge is 0.346 e. The molecule has 0 atom stereocenters. The lowest BCUT2D eigenvalue weighted by Crippen LogP contribution is -2.40. The first-order valence-electron chi connectivity index (χ1n) is 5.93. The summed E-state index contributed by atoms with van der Waals surface area (Å²) >= 11 is 0. The number of hydrogen-bond acceptors (Lipinski definition) is 5. The van der Waals surface area contributed by atoms with Crippen molar-refractivity contribution in [3.8, 4) is 0 Å². The molecule has 0 radical (unpaired) electrons. The van der Waals surface area contributed by atoms with Crippen molar-refractivity contribution in [1.82, 2.24) is 23.9 Å². The molecule has 2 rings (SSSR count). The van der Waals surface area contributed by atoms with E-state index in [0.717, 1.165) is 22.2 Å². The summed E-state index contributed by atoms with van der Waals surface area (Å²) in [5.41, 5.74) is -0.848. The fraction of sp³-hybridized carbons (Fsp3) is 0.455. The largest absolute Gasteiger partial charge is 0.364 e. The van der Waals surface area contributed by atoms with Crippen LogP contribution >= 0.6 is 0 Å². The maximum absolute atomic E-state index is 11.8. The highest BCUT2D eigenvalue weighted by atomic mass is 16.2. The van der Waals surface area contributed by atoms with Crippen LogP contribution in [0, 0.1) is 0 Å². The Labute approximate surface area is 109 Å².